The predicted molar refractivity (Wildman–Crippen MR) is 68.4 cm³/mol. The van der Waals surface area contributed by atoms with Crippen LogP contribution in [0.1, 0.15) is 32.6 Å². The van der Waals surface area contributed by atoms with Crippen LogP contribution in [0.15, 0.2) is 0 Å². The smallest absolute Gasteiger partial charge is 0.743 e. The third-order valence-electron chi connectivity index (χ3n) is 3.74. The van der Waals surface area contributed by atoms with E-state index in [2.05, 4.69) is 0 Å². The number of halogens is 13. The zero-order chi connectivity index (χ0) is 23.9. The summed E-state index contributed by atoms with van der Waals surface area (Å²) in [4.78, 5) is 0. The van der Waals surface area contributed by atoms with Crippen molar-refractivity contribution in [2.24, 2.45) is 0 Å². The van der Waals surface area contributed by atoms with Gasteiger partial charge in [0.1, 0.15) is 0 Å². The fraction of sp³-hybridized carbons (Fsp3) is 1.00. The zero-order valence-electron chi connectivity index (χ0n) is 15.0. The fourth-order valence-electron chi connectivity index (χ4n) is 1.89. The maximum Gasteiger partial charge on any atom is 1.00 e. The van der Waals surface area contributed by atoms with Gasteiger partial charge in [0.25, 0.3) is 0 Å². The topological polar surface area (TPSA) is 57.2 Å². The Balaban J connectivity index is 0. The van der Waals surface area contributed by atoms with E-state index in [1.165, 1.54) is 6.92 Å². The first-order chi connectivity index (χ1) is 12.5. The number of alkyl halides is 13. The van der Waals surface area contributed by atoms with Crippen molar-refractivity contribution >= 4 is 10.1 Å². The number of unbranched alkanes of at least 4 members (excludes halogenated alkanes) is 2. The van der Waals surface area contributed by atoms with Gasteiger partial charge in [0.05, 0.1) is 0 Å². The molecule has 0 radical (unpaired) electrons. The largest absolute Gasteiger partial charge is 1.00 e. The monoisotopic (exact) mass is 522 g/mol. The molecule has 3 nitrogen and oxygen atoms in total. The van der Waals surface area contributed by atoms with Crippen molar-refractivity contribution in [3.63, 3.8) is 0 Å². The molecule has 0 spiro atoms. The molecule has 18 heteroatoms. The second kappa shape index (κ2) is 9.86. The van der Waals surface area contributed by atoms with Gasteiger partial charge >= 0.3 is 86.3 Å². The standard InChI is InChI=1S/C12H13F13O3S.K/c1-2-3-4-5-6(13)7(14,15)8(16,17)9(18,19)10(20,21)11(22,23)12(24,25)29(26,27)28;/h6H,2-5H2,1H3,(H,26,27,28);/q;+1/p-1. The Morgan fingerprint density at radius 2 is 1.10 bits per heavy atom. The van der Waals surface area contributed by atoms with Crippen molar-refractivity contribution in [3.8, 4) is 0 Å². The summed E-state index contributed by atoms with van der Waals surface area (Å²) < 4.78 is 202. The Morgan fingerprint density at radius 3 is 1.43 bits per heavy atom. The van der Waals surface area contributed by atoms with Crippen LogP contribution >= 0.6 is 0 Å². The Kier molecular flexibility index (Phi) is 10.8. The minimum Gasteiger partial charge on any atom is -0.743 e. The first kappa shape index (κ1) is 32.8. The second-order valence-electron chi connectivity index (χ2n) is 5.85. The van der Waals surface area contributed by atoms with E-state index in [1.54, 1.807) is 0 Å². The average molecular weight is 522 g/mol. The summed E-state index contributed by atoms with van der Waals surface area (Å²) in [5.41, 5.74) is 0. The molecule has 0 aliphatic carbocycles. The number of hydrogen-bond donors (Lipinski definition) is 0. The molecule has 0 bridgehead atoms. The van der Waals surface area contributed by atoms with Gasteiger partial charge < -0.3 is 4.55 Å². The van der Waals surface area contributed by atoms with Crippen molar-refractivity contribution < 1.29 is 121 Å². The van der Waals surface area contributed by atoms with Crippen LogP contribution < -0.4 is 51.4 Å². The molecule has 0 saturated carbocycles. The molecule has 0 amide bonds. The van der Waals surface area contributed by atoms with E-state index in [1.807, 2.05) is 0 Å². The van der Waals surface area contributed by atoms with E-state index in [0.29, 0.717) is 0 Å². The molecule has 0 aliphatic heterocycles. The van der Waals surface area contributed by atoms with Crippen molar-refractivity contribution in [3.05, 3.63) is 0 Å². The predicted octanol–water partition coefficient (Wildman–Crippen LogP) is 2.22. The van der Waals surface area contributed by atoms with Crippen LogP contribution in [0.5, 0.6) is 0 Å². The molecule has 0 rings (SSSR count). The van der Waals surface area contributed by atoms with Gasteiger partial charge in [-0.3, -0.25) is 0 Å². The van der Waals surface area contributed by atoms with Crippen LogP contribution in [-0.4, -0.2) is 54.0 Å². The number of hydrogen-bond acceptors (Lipinski definition) is 3. The molecule has 0 heterocycles. The molecule has 30 heavy (non-hydrogen) atoms. The quantitative estimate of drug-likeness (QED) is 0.181. The molecule has 0 aliphatic rings. The molecule has 0 saturated heterocycles. The average Bonchev–Trinajstić information content (AvgIpc) is 2.52. The van der Waals surface area contributed by atoms with E-state index in [9.17, 15) is 70.0 Å². The first-order valence-electron chi connectivity index (χ1n) is 7.34. The number of rotatable bonds is 11. The molecule has 1 atom stereocenters. The molecule has 0 fully saturated rings. The van der Waals surface area contributed by atoms with Crippen molar-refractivity contribution in [2.75, 3.05) is 0 Å². The summed E-state index contributed by atoms with van der Waals surface area (Å²) in [6.45, 7) is 1.40. The summed E-state index contributed by atoms with van der Waals surface area (Å²) in [5.74, 6) is -38.9. The minimum absolute atomic E-state index is 0. The summed E-state index contributed by atoms with van der Waals surface area (Å²) in [5, 5.41) is -7.62. The summed E-state index contributed by atoms with van der Waals surface area (Å²) >= 11 is 0. The molecule has 0 aromatic carbocycles. The fourth-order valence-corrected chi connectivity index (χ4v) is 2.34. The first-order valence-corrected chi connectivity index (χ1v) is 8.75. The molecule has 0 aromatic rings. The van der Waals surface area contributed by atoms with Gasteiger partial charge in [-0.05, 0) is 6.42 Å². The molecule has 176 valence electrons. The van der Waals surface area contributed by atoms with Crippen LogP contribution in [-0.2, 0) is 10.1 Å². The van der Waals surface area contributed by atoms with Gasteiger partial charge in [0.2, 0.25) is 0 Å². The molecule has 0 aromatic heterocycles. The van der Waals surface area contributed by atoms with E-state index in [4.69, 9.17) is 0 Å². The zero-order valence-corrected chi connectivity index (χ0v) is 18.9. The Hall–Kier alpha value is 0.636. The van der Waals surface area contributed by atoms with E-state index < -0.39 is 64.0 Å². The molecular weight excluding hydrogens is 510 g/mol. The van der Waals surface area contributed by atoms with Gasteiger partial charge in [0, 0.05) is 0 Å². The Labute approximate surface area is 203 Å². The molecule has 0 N–H and O–H groups in total. The van der Waals surface area contributed by atoms with Gasteiger partial charge in [0.15, 0.2) is 16.3 Å². The summed E-state index contributed by atoms with van der Waals surface area (Å²) in [6, 6.07) is 0. The van der Waals surface area contributed by atoms with Crippen LogP contribution in [0.4, 0.5) is 57.1 Å². The second-order valence-corrected chi connectivity index (χ2v) is 7.28. The van der Waals surface area contributed by atoms with Gasteiger partial charge in [-0.25, -0.2) is 12.8 Å². The maximum absolute atomic E-state index is 13.4. The van der Waals surface area contributed by atoms with Gasteiger partial charge in [-0.1, -0.05) is 26.2 Å². The normalized spacial score (nSPS) is 16.2. The van der Waals surface area contributed by atoms with Crippen molar-refractivity contribution in [1.29, 1.82) is 0 Å². The Bertz CT molecular complexity index is 681. The van der Waals surface area contributed by atoms with Crippen LogP contribution in [0.25, 0.3) is 0 Å². The SMILES string of the molecule is CCCCCC(F)C(F)(F)C(F)(F)C(F)(F)C(F)(F)C(F)(F)C(F)(F)S(=O)(=O)[O-].[K+]. The van der Waals surface area contributed by atoms with E-state index in [-0.39, 0.29) is 64.2 Å². The van der Waals surface area contributed by atoms with Gasteiger partial charge in [-0.15, -0.1) is 0 Å². The van der Waals surface area contributed by atoms with Crippen molar-refractivity contribution in [2.45, 2.75) is 73.6 Å². The molecule has 1 unspecified atom stereocenters. The minimum atomic E-state index is -8.24. The van der Waals surface area contributed by atoms with E-state index in [0.717, 1.165) is 0 Å². The van der Waals surface area contributed by atoms with E-state index >= 15 is 0 Å². The Morgan fingerprint density at radius 1 is 0.733 bits per heavy atom. The van der Waals surface area contributed by atoms with Crippen molar-refractivity contribution in [1.82, 2.24) is 0 Å². The third-order valence-corrected chi connectivity index (χ3v) is 4.62. The third kappa shape index (κ3) is 5.08. The summed E-state index contributed by atoms with van der Waals surface area (Å²) in [6.07, 6.45) is -6.48. The van der Waals surface area contributed by atoms with Crippen LogP contribution in [0, 0.1) is 0 Å². The maximum atomic E-state index is 13.4. The summed E-state index contributed by atoms with van der Waals surface area (Å²) in [7, 11) is -7.87. The van der Waals surface area contributed by atoms with Crippen LogP contribution in [0.3, 0.4) is 0 Å². The molecular formula is C12H12F13KO3S. The van der Waals surface area contributed by atoms with Crippen LogP contribution in [0.2, 0.25) is 0 Å². The van der Waals surface area contributed by atoms with Gasteiger partial charge in [-0.2, -0.15) is 52.7 Å².